The van der Waals surface area contributed by atoms with Crippen molar-refractivity contribution >= 4 is 23.2 Å². The van der Waals surface area contributed by atoms with Crippen LogP contribution in [0.2, 0.25) is 5.02 Å². The van der Waals surface area contributed by atoms with E-state index in [1.165, 1.54) is 0 Å². The summed E-state index contributed by atoms with van der Waals surface area (Å²) in [5.74, 6) is 0.580. The molecule has 1 N–H and O–H groups in total. The monoisotopic (exact) mass is 295 g/mol. The maximum absolute atomic E-state index is 5.93. The average molecular weight is 296 g/mol. The number of anilines is 2. The number of para-hydroxylation sites is 1. The Kier molecular flexibility index (Phi) is 3.84. The van der Waals surface area contributed by atoms with Crippen molar-refractivity contribution in [1.82, 2.24) is 9.97 Å². The van der Waals surface area contributed by atoms with Crippen LogP contribution in [0.4, 0.5) is 11.6 Å². The summed E-state index contributed by atoms with van der Waals surface area (Å²) in [6.45, 7) is 2.00. The molecule has 1 aromatic heterocycles. The molecule has 0 aliphatic rings. The van der Waals surface area contributed by atoms with Crippen LogP contribution in [0.15, 0.2) is 60.8 Å². The lowest BCUT2D eigenvalue weighted by Gasteiger charge is -2.09. The predicted molar refractivity (Wildman–Crippen MR) is 86.9 cm³/mol. The van der Waals surface area contributed by atoms with Gasteiger partial charge < -0.3 is 5.32 Å². The maximum Gasteiger partial charge on any atom is 0.227 e. The van der Waals surface area contributed by atoms with Gasteiger partial charge in [0.25, 0.3) is 0 Å². The van der Waals surface area contributed by atoms with Crippen molar-refractivity contribution in [3.8, 4) is 11.3 Å². The number of nitrogens with zero attached hydrogens (tertiary/aromatic N) is 2. The lowest BCUT2D eigenvalue weighted by atomic mass is 10.1. The van der Waals surface area contributed by atoms with E-state index in [1.54, 1.807) is 0 Å². The highest BCUT2D eigenvalue weighted by molar-refractivity contribution is 6.30. The molecule has 0 aliphatic heterocycles. The summed E-state index contributed by atoms with van der Waals surface area (Å²) in [5, 5.41) is 3.92. The van der Waals surface area contributed by atoms with E-state index < -0.39 is 0 Å². The van der Waals surface area contributed by atoms with Gasteiger partial charge >= 0.3 is 0 Å². The molecule has 1 heterocycles. The van der Waals surface area contributed by atoms with E-state index in [1.807, 2.05) is 67.7 Å². The van der Waals surface area contributed by atoms with Gasteiger partial charge in [0.15, 0.2) is 0 Å². The van der Waals surface area contributed by atoms with E-state index in [0.29, 0.717) is 11.0 Å². The lowest BCUT2D eigenvalue weighted by Crippen LogP contribution is -1.99. The summed E-state index contributed by atoms with van der Waals surface area (Å²) in [7, 11) is 0. The van der Waals surface area contributed by atoms with E-state index in [4.69, 9.17) is 11.6 Å². The van der Waals surface area contributed by atoms with Crippen LogP contribution >= 0.6 is 11.6 Å². The number of aromatic nitrogens is 2. The van der Waals surface area contributed by atoms with Crippen molar-refractivity contribution in [3.63, 3.8) is 0 Å². The largest absolute Gasteiger partial charge is 0.324 e. The molecule has 3 rings (SSSR count). The summed E-state index contributed by atoms with van der Waals surface area (Å²) in [5.41, 5.74) is 3.91. The molecule has 0 radical (unpaired) electrons. The normalized spacial score (nSPS) is 10.4. The van der Waals surface area contributed by atoms with Crippen LogP contribution in [-0.4, -0.2) is 9.97 Å². The molecular formula is C17H14ClN3. The minimum atomic E-state index is 0.580. The van der Waals surface area contributed by atoms with Crippen molar-refractivity contribution in [3.05, 3.63) is 71.4 Å². The SMILES string of the molecule is Cc1cnc(Nc2ccccc2)nc1-c1ccc(Cl)cc1. The van der Waals surface area contributed by atoms with Crippen LogP contribution in [0.1, 0.15) is 5.56 Å². The number of hydrogen-bond acceptors (Lipinski definition) is 3. The predicted octanol–water partition coefficient (Wildman–Crippen LogP) is 4.85. The average Bonchev–Trinajstić information content (AvgIpc) is 2.51. The third-order valence-corrected chi connectivity index (χ3v) is 3.37. The first-order valence-electron chi connectivity index (χ1n) is 6.64. The van der Waals surface area contributed by atoms with Crippen molar-refractivity contribution < 1.29 is 0 Å². The van der Waals surface area contributed by atoms with Crippen LogP contribution in [0, 0.1) is 6.92 Å². The van der Waals surface area contributed by atoms with Crippen LogP contribution in [0.5, 0.6) is 0 Å². The van der Waals surface area contributed by atoms with Gasteiger partial charge in [-0.3, -0.25) is 0 Å². The van der Waals surface area contributed by atoms with Crippen molar-refractivity contribution in [2.45, 2.75) is 6.92 Å². The Morgan fingerprint density at radius 3 is 2.38 bits per heavy atom. The number of halogens is 1. The molecule has 2 aromatic carbocycles. The smallest absolute Gasteiger partial charge is 0.227 e. The molecule has 0 atom stereocenters. The summed E-state index contributed by atoms with van der Waals surface area (Å²) in [6.07, 6.45) is 1.82. The first kappa shape index (κ1) is 13.6. The van der Waals surface area contributed by atoms with E-state index in [9.17, 15) is 0 Å². The number of nitrogens with one attached hydrogen (secondary N) is 1. The molecule has 3 nitrogen and oxygen atoms in total. The molecule has 0 unspecified atom stereocenters. The maximum atomic E-state index is 5.93. The fourth-order valence-electron chi connectivity index (χ4n) is 2.05. The van der Waals surface area contributed by atoms with E-state index in [-0.39, 0.29) is 0 Å². The van der Waals surface area contributed by atoms with E-state index in [0.717, 1.165) is 22.5 Å². The fourth-order valence-corrected chi connectivity index (χ4v) is 2.18. The summed E-state index contributed by atoms with van der Waals surface area (Å²) >= 11 is 5.93. The molecule has 21 heavy (non-hydrogen) atoms. The minimum Gasteiger partial charge on any atom is -0.324 e. The topological polar surface area (TPSA) is 37.8 Å². The first-order valence-corrected chi connectivity index (χ1v) is 7.02. The first-order chi connectivity index (χ1) is 10.2. The van der Waals surface area contributed by atoms with Gasteiger partial charge in [0.2, 0.25) is 5.95 Å². The second-order valence-electron chi connectivity index (χ2n) is 4.72. The molecule has 104 valence electrons. The van der Waals surface area contributed by atoms with Gasteiger partial charge in [-0.25, -0.2) is 9.97 Å². The lowest BCUT2D eigenvalue weighted by molar-refractivity contribution is 1.14. The molecule has 0 bridgehead atoms. The Balaban J connectivity index is 1.94. The highest BCUT2D eigenvalue weighted by Crippen LogP contribution is 2.24. The van der Waals surface area contributed by atoms with Crippen LogP contribution in [0.25, 0.3) is 11.3 Å². The Hall–Kier alpha value is -2.39. The van der Waals surface area contributed by atoms with Gasteiger partial charge in [-0.2, -0.15) is 0 Å². The van der Waals surface area contributed by atoms with Gasteiger partial charge in [0.1, 0.15) is 0 Å². The number of hydrogen-bond donors (Lipinski definition) is 1. The van der Waals surface area contributed by atoms with Crippen LogP contribution < -0.4 is 5.32 Å². The second-order valence-corrected chi connectivity index (χ2v) is 5.16. The standard InChI is InChI=1S/C17H14ClN3/c1-12-11-19-17(20-15-5-3-2-4-6-15)21-16(12)13-7-9-14(18)10-8-13/h2-11H,1H3,(H,19,20,21). The van der Waals surface area contributed by atoms with Gasteiger partial charge in [-0.1, -0.05) is 41.9 Å². The molecule has 3 aromatic rings. The fraction of sp³-hybridized carbons (Fsp3) is 0.0588. The van der Waals surface area contributed by atoms with Crippen molar-refractivity contribution in [2.24, 2.45) is 0 Å². The van der Waals surface area contributed by atoms with Gasteiger partial charge in [-0.05, 0) is 36.8 Å². The number of aryl methyl sites for hydroxylation is 1. The third-order valence-electron chi connectivity index (χ3n) is 3.12. The minimum absolute atomic E-state index is 0.580. The van der Waals surface area contributed by atoms with Crippen LogP contribution in [-0.2, 0) is 0 Å². The summed E-state index contributed by atoms with van der Waals surface area (Å²) in [4.78, 5) is 8.93. The molecule has 0 amide bonds. The highest BCUT2D eigenvalue weighted by Gasteiger charge is 2.07. The molecule has 0 spiro atoms. The Labute approximate surface area is 128 Å². The zero-order valence-corrected chi connectivity index (χ0v) is 12.3. The Morgan fingerprint density at radius 2 is 1.67 bits per heavy atom. The van der Waals surface area contributed by atoms with Crippen molar-refractivity contribution in [2.75, 3.05) is 5.32 Å². The molecule has 0 fully saturated rings. The highest BCUT2D eigenvalue weighted by atomic mass is 35.5. The molecule has 0 saturated heterocycles. The summed E-state index contributed by atoms with van der Waals surface area (Å²) < 4.78 is 0. The quantitative estimate of drug-likeness (QED) is 0.750. The van der Waals surface area contributed by atoms with Crippen LogP contribution in [0.3, 0.4) is 0 Å². The molecule has 4 heteroatoms. The van der Waals surface area contributed by atoms with Gasteiger partial charge in [-0.15, -0.1) is 0 Å². The number of rotatable bonds is 3. The van der Waals surface area contributed by atoms with Gasteiger partial charge in [0.05, 0.1) is 5.69 Å². The van der Waals surface area contributed by atoms with Crippen molar-refractivity contribution in [1.29, 1.82) is 0 Å². The van der Waals surface area contributed by atoms with E-state index in [2.05, 4.69) is 15.3 Å². The van der Waals surface area contributed by atoms with E-state index >= 15 is 0 Å². The number of benzene rings is 2. The molecular weight excluding hydrogens is 282 g/mol. The Bertz CT molecular complexity index is 740. The zero-order valence-electron chi connectivity index (χ0n) is 11.5. The molecule has 0 saturated carbocycles. The summed E-state index contributed by atoms with van der Waals surface area (Å²) in [6, 6.07) is 17.5. The van der Waals surface area contributed by atoms with Gasteiger partial charge in [0, 0.05) is 22.5 Å². The Morgan fingerprint density at radius 1 is 0.952 bits per heavy atom. The second kappa shape index (κ2) is 5.94. The molecule has 0 aliphatic carbocycles. The zero-order chi connectivity index (χ0) is 14.7. The third kappa shape index (κ3) is 3.20.